The zero-order valence-electron chi connectivity index (χ0n) is 19.8. The molecule has 1 atom stereocenters. The lowest BCUT2D eigenvalue weighted by molar-refractivity contribution is -0.122. The molecule has 1 amide bonds. The predicted octanol–water partition coefficient (Wildman–Crippen LogP) is 5.73. The zero-order valence-corrected chi connectivity index (χ0v) is 22.9. The number of halogens is 3. The number of amides is 1. The Labute approximate surface area is 225 Å². The van der Waals surface area contributed by atoms with Gasteiger partial charge < -0.3 is 14.8 Å². The van der Waals surface area contributed by atoms with Crippen LogP contribution >= 0.6 is 34.8 Å². The van der Waals surface area contributed by atoms with E-state index in [0.717, 1.165) is 9.87 Å². The van der Waals surface area contributed by atoms with E-state index in [0.29, 0.717) is 27.1 Å². The van der Waals surface area contributed by atoms with Crippen molar-refractivity contribution in [1.82, 2.24) is 9.62 Å². The summed E-state index contributed by atoms with van der Waals surface area (Å²) < 4.78 is 38.6. The number of hydrogen-bond donors (Lipinski definition) is 1. The molecule has 0 radical (unpaired) electrons. The quantitative estimate of drug-likeness (QED) is 0.336. The van der Waals surface area contributed by atoms with Crippen LogP contribution < -0.4 is 14.8 Å². The molecule has 192 valence electrons. The Kier molecular flexibility index (Phi) is 9.49. The van der Waals surface area contributed by atoms with E-state index >= 15 is 0 Å². The molecule has 3 aromatic rings. The minimum atomic E-state index is -4.07. The topological polar surface area (TPSA) is 84.9 Å². The Morgan fingerprint density at radius 3 is 2.17 bits per heavy atom. The highest BCUT2D eigenvalue weighted by Crippen LogP contribution is 2.30. The van der Waals surface area contributed by atoms with E-state index in [9.17, 15) is 13.2 Å². The molecule has 0 fully saturated rings. The Morgan fingerprint density at radius 1 is 0.917 bits per heavy atom. The first-order chi connectivity index (χ1) is 17.0. The highest BCUT2D eigenvalue weighted by atomic mass is 35.5. The van der Waals surface area contributed by atoms with E-state index in [1.165, 1.54) is 44.6 Å². The zero-order chi connectivity index (χ0) is 26.5. The maximum atomic E-state index is 13.5. The summed E-state index contributed by atoms with van der Waals surface area (Å²) in [7, 11) is -1.02. The van der Waals surface area contributed by atoms with Crippen LogP contribution in [0.15, 0.2) is 65.6 Å². The number of benzene rings is 3. The van der Waals surface area contributed by atoms with Gasteiger partial charge in [-0.3, -0.25) is 4.79 Å². The molecule has 11 heteroatoms. The second-order valence-electron chi connectivity index (χ2n) is 7.87. The SMILES string of the molecule is COc1ccc([C@@H](C)NC(=O)CN(Cc2ccc(Cl)cc2Cl)S(=O)(=O)c2ccc(Cl)cc2)cc1OC. The summed E-state index contributed by atoms with van der Waals surface area (Å²) >= 11 is 18.2. The van der Waals surface area contributed by atoms with E-state index in [4.69, 9.17) is 44.3 Å². The number of methoxy groups -OCH3 is 2. The number of nitrogens with zero attached hydrogens (tertiary/aromatic N) is 1. The second kappa shape index (κ2) is 12.2. The van der Waals surface area contributed by atoms with Crippen molar-refractivity contribution in [2.75, 3.05) is 20.8 Å². The van der Waals surface area contributed by atoms with Crippen molar-refractivity contribution in [2.24, 2.45) is 0 Å². The first-order valence-corrected chi connectivity index (χ1v) is 13.3. The van der Waals surface area contributed by atoms with Crippen LogP contribution in [-0.2, 0) is 21.4 Å². The van der Waals surface area contributed by atoms with Gasteiger partial charge in [0.1, 0.15) is 0 Å². The summed E-state index contributed by atoms with van der Waals surface area (Å²) in [6, 6.07) is 15.3. The van der Waals surface area contributed by atoms with Gasteiger partial charge in [0.15, 0.2) is 11.5 Å². The molecule has 0 unspecified atom stereocenters. The van der Waals surface area contributed by atoms with E-state index < -0.39 is 28.5 Å². The summed E-state index contributed by atoms with van der Waals surface area (Å²) in [5.74, 6) is 0.570. The highest BCUT2D eigenvalue weighted by molar-refractivity contribution is 7.89. The molecule has 0 bridgehead atoms. The third-order valence-electron chi connectivity index (χ3n) is 5.42. The van der Waals surface area contributed by atoms with Gasteiger partial charge in [-0.15, -0.1) is 0 Å². The Bertz CT molecular complexity index is 1330. The molecule has 0 heterocycles. The first kappa shape index (κ1) is 28.1. The van der Waals surface area contributed by atoms with Gasteiger partial charge in [0.05, 0.1) is 31.7 Å². The fraction of sp³-hybridized carbons (Fsp3) is 0.240. The van der Waals surface area contributed by atoms with Gasteiger partial charge in [0, 0.05) is 21.6 Å². The molecule has 0 aliphatic rings. The van der Waals surface area contributed by atoms with E-state index in [1.54, 1.807) is 37.3 Å². The normalized spacial score (nSPS) is 12.3. The Morgan fingerprint density at radius 2 is 1.56 bits per heavy atom. The molecule has 3 aromatic carbocycles. The number of nitrogens with one attached hydrogen (secondary N) is 1. The fourth-order valence-corrected chi connectivity index (χ4v) is 5.44. The molecular formula is C25H25Cl3N2O5S. The number of ether oxygens (including phenoxy) is 2. The Hall–Kier alpha value is -2.49. The van der Waals surface area contributed by atoms with Gasteiger partial charge >= 0.3 is 0 Å². The van der Waals surface area contributed by atoms with Crippen molar-refractivity contribution in [3.63, 3.8) is 0 Å². The molecule has 3 rings (SSSR count). The second-order valence-corrected chi connectivity index (χ2v) is 11.1. The fourth-order valence-electron chi connectivity index (χ4n) is 3.47. The molecule has 7 nitrogen and oxygen atoms in total. The van der Waals surface area contributed by atoms with Crippen LogP contribution in [0.25, 0.3) is 0 Å². The molecule has 0 aromatic heterocycles. The maximum absolute atomic E-state index is 13.5. The molecular weight excluding hydrogens is 547 g/mol. The standard InChI is InChI=1S/C25H25Cl3N2O5S/c1-16(17-5-11-23(34-2)24(12-17)35-3)29-25(31)15-30(14-18-4-6-20(27)13-22(18)28)36(32,33)21-9-7-19(26)8-10-21/h4-13,16H,14-15H2,1-3H3,(H,29,31)/t16-/m1/s1. The summed E-state index contributed by atoms with van der Waals surface area (Å²) in [6.07, 6.45) is 0. The van der Waals surface area contributed by atoms with Crippen LogP contribution in [-0.4, -0.2) is 39.4 Å². The van der Waals surface area contributed by atoms with Crippen LogP contribution in [0, 0.1) is 0 Å². The van der Waals surface area contributed by atoms with Gasteiger partial charge in [-0.1, -0.05) is 46.9 Å². The van der Waals surface area contributed by atoms with Crippen LogP contribution in [0.4, 0.5) is 0 Å². The van der Waals surface area contributed by atoms with Crippen LogP contribution in [0.2, 0.25) is 15.1 Å². The van der Waals surface area contributed by atoms with Crippen molar-refractivity contribution >= 4 is 50.7 Å². The van der Waals surface area contributed by atoms with Crippen molar-refractivity contribution in [3.8, 4) is 11.5 Å². The smallest absolute Gasteiger partial charge is 0.243 e. The summed E-state index contributed by atoms with van der Waals surface area (Å²) in [5, 5.41) is 3.94. The van der Waals surface area contributed by atoms with Crippen molar-refractivity contribution in [3.05, 3.63) is 86.9 Å². The molecule has 1 N–H and O–H groups in total. The van der Waals surface area contributed by atoms with Crippen LogP contribution in [0.3, 0.4) is 0 Å². The molecule has 0 aliphatic heterocycles. The lowest BCUT2D eigenvalue weighted by Crippen LogP contribution is -2.41. The van der Waals surface area contributed by atoms with E-state index in [1.807, 2.05) is 0 Å². The molecule has 0 saturated carbocycles. The minimum absolute atomic E-state index is 0.00211. The highest BCUT2D eigenvalue weighted by Gasteiger charge is 2.28. The van der Waals surface area contributed by atoms with Crippen LogP contribution in [0.1, 0.15) is 24.1 Å². The monoisotopic (exact) mass is 570 g/mol. The van der Waals surface area contributed by atoms with Gasteiger partial charge in [0.2, 0.25) is 15.9 Å². The van der Waals surface area contributed by atoms with Crippen molar-refractivity contribution < 1.29 is 22.7 Å². The number of hydrogen-bond acceptors (Lipinski definition) is 5. The van der Waals surface area contributed by atoms with Crippen molar-refractivity contribution in [2.45, 2.75) is 24.4 Å². The number of carbonyl (C=O) groups excluding carboxylic acids is 1. The minimum Gasteiger partial charge on any atom is -0.493 e. The summed E-state index contributed by atoms with van der Waals surface area (Å²) in [5.41, 5.74) is 1.26. The number of rotatable bonds is 10. The van der Waals surface area contributed by atoms with Crippen molar-refractivity contribution in [1.29, 1.82) is 0 Å². The molecule has 0 aliphatic carbocycles. The van der Waals surface area contributed by atoms with Gasteiger partial charge in [-0.2, -0.15) is 4.31 Å². The summed E-state index contributed by atoms with van der Waals surface area (Å²) in [6.45, 7) is 1.20. The van der Waals surface area contributed by atoms with Gasteiger partial charge in [-0.05, 0) is 66.6 Å². The largest absolute Gasteiger partial charge is 0.493 e. The molecule has 36 heavy (non-hydrogen) atoms. The average molecular weight is 572 g/mol. The number of carbonyl (C=O) groups is 1. The third-order valence-corrected chi connectivity index (χ3v) is 8.06. The predicted molar refractivity (Wildman–Crippen MR) is 142 cm³/mol. The lowest BCUT2D eigenvalue weighted by Gasteiger charge is -2.24. The average Bonchev–Trinajstić information content (AvgIpc) is 2.84. The maximum Gasteiger partial charge on any atom is 0.243 e. The van der Waals surface area contributed by atoms with Gasteiger partial charge in [0.25, 0.3) is 0 Å². The van der Waals surface area contributed by atoms with Crippen LogP contribution in [0.5, 0.6) is 11.5 Å². The van der Waals surface area contributed by atoms with E-state index in [-0.39, 0.29) is 16.5 Å². The third kappa shape index (κ3) is 6.83. The molecule has 0 saturated heterocycles. The van der Waals surface area contributed by atoms with E-state index in [2.05, 4.69) is 5.32 Å². The Balaban J connectivity index is 1.86. The molecule has 0 spiro atoms. The summed E-state index contributed by atoms with van der Waals surface area (Å²) in [4.78, 5) is 13.0. The number of sulfonamides is 1. The van der Waals surface area contributed by atoms with Gasteiger partial charge in [-0.25, -0.2) is 8.42 Å². The first-order valence-electron chi connectivity index (χ1n) is 10.8. The lowest BCUT2D eigenvalue weighted by atomic mass is 10.1.